The molecule has 1 aromatic rings. The molecule has 0 aliphatic carbocycles. The van der Waals surface area contributed by atoms with Crippen LogP contribution in [0.3, 0.4) is 0 Å². The Morgan fingerprint density at radius 1 is 1.50 bits per heavy atom. The highest BCUT2D eigenvalue weighted by Gasteiger charge is 2.18. The summed E-state index contributed by atoms with van der Waals surface area (Å²) in [6.45, 7) is 1.56. The van der Waals surface area contributed by atoms with Crippen molar-refractivity contribution in [2.75, 3.05) is 0 Å². The van der Waals surface area contributed by atoms with Crippen molar-refractivity contribution in [2.24, 2.45) is 0 Å². The first-order chi connectivity index (χ1) is 5.52. The van der Waals surface area contributed by atoms with Crippen molar-refractivity contribution in [3.63, 3.8) is 0 Å². The molecule has 0 aliphatic heterocycles. The van der Waals surface area contributed by atoms with Crippen LogP contribution in [-0.2, 0) is 0 Å². The topological polar surface area (TPSA) is 12.9 Å². The third kappa shape index (κ3) is 1.88. The number of hydrogen-bond donors (Lipinski definition) is 0. The van der Waals surface area contributed by atoms with Gasteiger partial charge in [-0.2, -0.15) is 0 Å². The minimum atomic E-state index is -2.80. The molecular formula is C7H5F3IN. The first-order valence-electron chi connectivity index (χ1n) is 3.13. The summed E-state index contributed by atoms with van der Waals surface area (Å²) in [5.74, 6) is -0.887. The molecule has 0 radical (unpaired) electrons. The van der Waals surface area contributed by atoms with Crippen LogP contribution in [0.1, 0.15) is 17.7 Å². The van der Waals surface area contributed by atoms with E-state index in [4.69, 9.17) is 0 Å². The van der Waals surface area contributed by atoms with E-state index in [9.17, 15) is 13.2 Å². The summed E-state index contributed by atoms with van der Waals surface area (Å²) in [6, 6.07) is 1.00. The zero-order chi connectivity index (χ0) is 9.30. The van der Waals surface area contributed by atoms with Crippen molar-refractivity contribution >= 4 is 22.6 Å². The summed E-state index contributed by atoms with van der Waals surface area (Å²) in [5.41, 5.74) is -0.206. The molecule has 1 heterocycles. The lowest BCUT2D eigenvalue weighted by atomic mass is 10.2. The van der Waals surface area contributed by atoms with E-state index in [0.29, 0.717) is 5.69 Å². The molecule has 0 atom stereocenters. The van der Waals surface area contributed by atoms with Crippen LogP contribution < -0.4 is 0 Å². The van der Waals surface area contributed by atoms with E-state index in [-0.39, 0.29) is 3.70 Å². The maximum Gasteiger partial charge on any atom is 0.269 e. The smallest absolute Gasteiger partial charge is 0.246 e. The SMILES string of the molecule is Cc1cc(F)c(C(F)F)c(I)n1. The van der Waals surface area contributed by atoms with E-state index in [0.717, 1.165) is 6.07 Å². The predicted octanol–water partition coefficient (Wildman–Crippen LogP) is 3.07. The van der Waals surface area contributed by atoms with Crippen LogP contribution in [-0.4, -0.2) is 4.98 Å². The van der Waals surface area contributed by atoms with Crippen LogP contribution in [0.2, 0.25) is 0 Å². The molecule has 1 rings (SSSR count). The van der Waals surface area contributed by atoms with Crippen LogP contribution in [0.5, 0.6) is 0 Å². The number of hydrogen-bond acceptors (Lipinski definition) is 1. The molecule has 0 aliphatic rings. The molecule has 0 unspecified atom stereocenters. The third-order valence-corrected chi connectivity index (χ3v) is 2.13. The van der Waals surface area contributed by atoms with E-state index < -0.39 is 17.8 Å². The standard InChI is InChI=1S/C7H5F3IN/c1-3-2-4(8)5(6(9)10)7(11)12-3/h2,6H,1H3. The molecule has 0 saturated heterocycles. The number of aryl methyl sites for hydroxylation is 1. The molecule has 1 nitrogen and oxygen atoms in total. The van der Waals surface area contributed by atoms with Gasteiger partial charge in [-0.25, -0.2) is 18.2 Å². The monoisotopic (exact) mass is 287 g/mol. The van der Waals surface area contributed by atoms with Gasteiger partial charge >= 0.3 is 0 Å². The number of alkyl halides is 2. The van der Waals surface area contributed by atoms with Crippen molar-refractivity contribution in [1.82, 2.24) is 4.98 Å². The number of aromatic nitrogens is 1. The van der Waals surface area contributed by atoms with Crippen molar-refractivity contribution in [3.8, 4) is 0 Å². The molecule has 5 heteroatoms. The minimum Gasteiger partial charge on any atom is -0.246 e. The second-order valence-electron chi connectivity index (χ2n) is 2.25. The summed E-state index contributed by atoms with van der Waals surface area (Å²) in [4.78, 5) is 3.72. The van der Waals surface area contributed by atoms with Crippen LogP contribution >= 0.6 is 22.6 Å². The number of rotatable bonds is 1. The van der Waals surface area contributed by atoms with Crippen molar-refractivity contribution in [1.29, 1.82) is 0 Å². The van der Waals surface area contributed by atoms with Gasteiger partial charge in [-0.3, -0.25) is 0 Å². The maximum atomic E-state index is 12.8. The highest BCUT2D eigenvalue weighted by Crippen LogP contribution is 2.26. The largest absolute Gasteiger partial charge is 0.269 e. The second kappa shape index (κ2) is 3.59. The molecule has 1 aromatic heterocycles. The van der Waals surface area contributed by atoms with Crippen molar-refractivity contribution in [3.05, 3.63) is 26.8 Å². The third-order valence-electron chi connectivity index (χ3n) is 1.31. The predicted molar refractivity (Wildman–Crippen MR) is 46.6 cm³/mol. The molecule has 0 fully saturated rings. The molecule has 12 heavy (non-hydrogen) atoms. The van der Waals surface area contributed by atoms with Gasteiger partial charge in [0, 0.05) is 5.69 Å². The Bertz CT molecular complexity index is 278. The Morgan fingerprint density at radius 2 is 2.08 bits per heavy atom. The maximum absolute atomic E-state index is 12.8. The van der Waals surface area contributed by atoms with E-state index in [1.807, 2.05) is 0 Å². The molecule has 66 valence electrons. The first kappa shape index (κ1) is 9.76. The summed E-state index contributed by atoms with van der Waals surface area (Å²) >= 11 is 1.60. The molecule has 0 N–H and O–H groups in total. The van der Waals surface area contributed by atoms with Gasteiger partial charge in [0.2, 0.25) is 0 Å². The van der Waals surface area contributed by atoms with Gasteiger partial charge in [-0.1, -0.05) is 0 Å². The van der Waals surface area contributed by atoms with Crippen LogP contribution in [0.4, 0.5) is 13.2 Å². The molecule has 0 saturated carbocycles. The molecule has 0 bridgehead atoms. The van der Waals surface area contributed by atoms with E-state index in [2.05, 4.69) is 4.98 Å². The van der Waals surface area contributed by atoms with E-state index in [1.165, 1.54) is 0 Å². The summed E-state index contributed by atoms with van der Waals surface area (Å²) in [5, 5.41) is 0. The lowest BCUT2D eigenvalue weighted by Crippen LogP contribution is -1.99. The highest BCUT2D eigenvalue weighted by molar-refractivity contribution is 14.1. The van der Waals surface area contributed by atoms with Crippen molar-refractivity contribution < 1.29 is 13.2 Å². The van der Waals surface area contributed by atoms with Gasteiger partial charge in [0.15, 0.2) is 0 Å². The lowest BCUT2D eigenvalue weighted by Gasteiger charge is -2.04. The van der Waals surface area contributed by atoms with Gasteiger partial charge in [0.25, 0.3) is 6.43 Å². The number of pyridine rings is 1. The lowest BCUT2D eigenvalue weighted by molar-refractivity contribution is 0.144. The van der Waals surface area contributed by atoms with Crippen molar-refractivity contribution in [2.45, 2.75) is 13.3 Å². The number of halogens is 4. The van der Waals surface area contributed by atoms with Gasteiger partial charge in [-0.15, -0.1) is 0 Å². The van der Waals surface area contributed by atoms with Gasteiger partial charge < -0.3 is 0 Å². The minimum absolute atomic E-state index is 0.0279. The Hall–Kier alpha value is -0.330. The summed E-state index contributed by atoms with van der Waals surface area (Å²) in [7, 11) is 0. The first-order valence-corrected chi connectivity index (χ1v) is 4.21. The molecule has 0 aromatic carbocycles. The zero-order valence-electron chi connectivity index (χ0n) is 6.11. The molecule has 0 spiro atoms. The Labute approximate surface area is 81.1 Å². The second-order valence-corrected chi connectivity index (χ2v) is 3.27. The fourth-order valence-electron chi connectivity index (χ4n) is 0.801. The Balaban J connectivity index is 3.28. The van der Waals surface area contributed by atoms with Gasteiger partial charge in [0.1, 0.15) is 9.52 Å². The normalized spacial score (nSPS) is 10.8. The van der Waals surface area contributed by atoms with E-state index in [1.54, 1.807) is 29.5 Å². The molecular weight excluding hydrogens is 282 g/mol. The van der Waals surface area contributed by atoms with Crippen LogP contribution in [0, 0.1) is 16.4 Å². The zero-order valence-corrected chi connectivity index (χ0v) is 8.27. The Kier molecular flexibility index (Phi) is 2.92. The summed E-state index contributed by atoms with van der Waals surface area (Å²) < 4.78 is 37.1. The number of nitrogens with zero attached hydrogens (tertiary/aromatic N) is 1. The fraction of sp³-hybridized carbons (Fsp3) is 0.286. The van der Waals surface area contributed by atoms with Crippen LogP contribution in [0.25, 0.3) is 0 Å². The van der Waals surface area contributed by atoms with Gasteiger partial charge in [-0.05, 0) is 35.6 Å². The molecule has 0 amide bonds. The van der Waals surface area contributed by atoms with E-state index >= 15 is 0 Å². The fourth-order valence-corrected chi connectivity index (χ4v) is 1.67. The Morgan fingerprint density at radius 3 is 2.50 bits per heavy atom. The van der Waals surface area contributed by atoms with Crippen LogP contribution in [0.15, 0.2) is 6.07 Å². The average Bonchev–Trinajstić information content (AvgIpc) is 1.82. The average molecular weight is 287 g/mol. The van der Waals surface area contributed by atoms with Gasteiger partial charge in [0.05, 0.1) is 5.56 Å². The summed E-state index contributed by atoms with van der Waals surface area (Å²) in [6.07, 6.45) is -2.80. The highest BCUT2D eigenvalue weighted by atomic mass is 127. The quantitative estimate of drug-likeness (QED) is 0.571.